The second kappa shape index (κ2) is 4.67. The van der Waals surface area contributed by atoms with Gasteiger partial charge in [0, 0.05) is 17.8 Å². The van der Waals surface area contributed by atoms with E-state index in [0.717, 1.165) is 6.42 Å². The van der Waals surface area contributed by atoms with E-state index in [1.807, 2.05) is 24.4 Å². The number of H-pyrrole nitrogens is 1. The zero-order valence-electron chi connectivity index (χ0n) is 10.1. The Morgan fingerprint density at radius 1 is 1.00 bits per heavy atom. The van der Waals surface area contributed by atoms with Gasteiger partial charge in [-0.15, -0.1) is 0 Å². The zero-order chi connectivity index (χ0) is 12.4. The second-order valence-electron chi connectivity index (χ2n) is 4.62. The molecule has 0 aliphatic carbocycles. The van der Waals surface area contributed by atoms with E-state index in [0.29, 0.717) is 0 Å². The molecule has 3 N–H and O–H groups in total. The molecule has 2 heteroatoms. The van der Waals surface area contributed by atoms with Gasteiger partial charge in [0.2, 0.25) is 0 Å². The number of aromatic nitrogens is 1. The molecule has 90 valence electrons. The lowest BCUT2D eigenvalue weighted by Gasteiger charge is -2.12. The van der Waals surface area contributed by atoms with E-state index >= 15 is 0 Å². The van der Waals surface area contributed by atoms with E-state index in [2.05, 4.69) is 41.4 Å². The summed E-state index contributed by atoms with van der Waals surface area (Å²) in [5.41, 5.74) is 9.87. The molecule has 0 saturated carbocycles. The van der Waals surface area contributed by atoms with Crippen molar-refractivity contribution < 1.29 is 0 Å². The van der Waals surface area contributed by atoms with Crippen molar-refractivity contribution >= 4 is 10.9 Å². The van der Waals surface area contributed by atoms with Crippen LogP contribution in [0.25, 0.3) is 10.9 Å². The number of benzene rings is 2. The molecule has 0 amide bonds. The summed E-state index contributed by atoms with van der Waals surface area (Å²) in [6.45, 7) is 0. The van der Waals surface area contributed by atoms with Gasteiger partial charge in [0.05, 0.1) is 0 Å². The molecule has 0 fully saturated rings. The van der Waals surface area contributed by atoms with Crippen LogP contribution in [-0.4, -0.2) is 4.98 Å². The van der Waals surface area contributed by atoms with Crippen molar-refractivity contribution in [2.75, 3.05) is 0 Å². The Labute approximate surface area is 106 Å². The van der Waals surface area contributed by atoms with E-state index in [1.54, 1.807) is 0 Å². The van der Waals surface area contributed by atoms with Crippen molar-refractivity contribution in [3.8, 4) is 0 Å². The summed E-state index contributed by atoms with van der Waals surface area (Å²) in [6.07, 6.45) is 2.83. The molecule has 0 spiro atoms. The molecule has 2 nitrogen and oxygen atoms in total. The van der Waals surface area contributed by atoms with Crippen LogP contribution in [0.4, 0.5) is 0 Å². The summed E-state index contributed by atoms with van der Waals surface area (Å²) in [4.78, 5) is 3.20. The fourth-order valence-electron chi connectivity index (χ4n) is 2.30. The van der Waals surface area contributed by atoms with E-state index < -0.39 is 0 Å². The molecule has 18 heavy (non-hydrogen) atoms. The van der Waals surface area contributed by atoms with Crippen LogP contribution in [0.3, 0.4) is 0 Å². The lowest BCUT2D eigenvalue weighted by atomic mass is 9.99. The number of fused-ring (bicyclic) bond motifs is 1. The molecule has 0 aliphatic rings. The molecule has 1 unspecified atom stereocenters. The monoisotopic (exact) mass is 236 g/mol. The van der Waals surface area contributed by atoms with Crippen LogP contribution in [0.5, 0.6) is 0 Å². The zero-order valence-corrected chi connectivity index (χ0v) is 10.1. The van der Waals surface area contributed by atoms with Crippen LogP contribution in [0.15, 0.2) is 60.8 Å². The number of hydrogen-bond acceptors (Lipinski definition) is 1. The smallest absolute Gasteiger partial charge is 0.0454 e. The fraction of sp³-hybridized carbons (Fsp3) is 0.125. The number of hydrogen-bond donors (Lipinski definition) is 2. The summed E-state index contributed by atoms with van der Waals surface area (Å²) in [7, 11) is 0. The molecule has 0 saturated heterocycles. The highest BCUT2D eigenvalue weighted by Gasteiger charge is 2.07. The van der Waals surface area contributed by atoms with Gasteiger partial charge in [0.25, 0.3) is 0 Å². The van der Waals surface area contributed by atoms with Crippen LogP contribution < -0.4 is 5.73 Å². The van der Waals surface area contributed by atoms with Gasteiger partial charge in [-0.05, 0) is 41.1 Å². The van der Waals surface area contributed by atoms with Gasteiger partial charge in [0.15, 0.2) is 0 Å². The molecule has 1 aromatic heterocycles. The summed E-state index contributed by atoms with van der Waals surface area (Å²) >= 11 is 0. The summed E-state index contributed by atoms with van der Waals surface area (Å²) in [6, 6.07) is 18.9. The van der Waals surface area contributed by atoms with Crippen molar-refractivity contribution in [1.82, 2.24) is 4.98 Å². The minimum absolute atomic E-state index is 0.0580. The summed E-state index contributed by atoms with van der Waals surface area (Å²) < 4.78 is 0. The number of aromatic amines is 1. The first-order chi connectivity index (χ1) is 8.83. The Kier molecular flexibility index (Phi) is 2.87. The maximum absolute atomic E-state index is 6.24. The predicted octanol–water partition coefficient (Wildman–Crippen LogP) is 3.41. The average Bonchev–Trinajstić information content (AvgIpc) is 2.87. The molecule has 0 bridgehead atoms. The highest BCUT2D eigenvalue weighted by Crippen LogP contribution is 2.19. The lowest BCUT2D eigenvalue weighted by Crippen LogP contribution is -2.13. The van der Waals surface area contributed by atoms with Crippen LogP contribution in [-0.2, 0) is 6.42 Å². The average molecular weight is 236 g/mol. The van der Waals surface area contributed by atoms with Crippen LogP contribution in [0, 0.1) is 0 Å². The Balaban J connectivity index is 1.83. The third-order valence-corrected chi connectivity index (χ3v) is 3.30. The van der Waals surface area contributed by atoms with E-state index in [4.69, 9.17) is 5.73 Å². The van der Waals surface area contributed by atoms with Crippen LogP contribution in [0.1, 0.15) is 17.2 Å². The van der Waals surface area contributed by atoms with Crippen LogP contribution >= 0.6 is 0 Å². The highest BCUT2D eigenvalue weighted by atomic mass is 14.7. The maximum Gasteiger partial charge on any atom is 0.0454 e. The molecular weight excluding hydrogens is 220 g/mol. The third-order valence-electron chi connectivity index (χ3n) is 3.30. The molecule has 0 aliphatic heterocycles. The first-order valence-corrected chi connectivity index (χ1v) is 6.19. The van der Waals surface area contributed by atoms with Gasteiger partial charge in [-0.3, -0.25) is 0 Å². The number of nitrogens with one attached hydrogen (secondary N) is 1. The molecule has 2 aromatic carbocycles. The standard InChI is InChI=1S/C16H16N2/c17-15(13-4-2-1-3-5-13)11-12-6-7-16-14(10-12)8-9-18-16/h1-10,15,18H,11,17H2. The predicted molar refractivity (Wildman–Crippen MR) is 75.4 cm³/mol. The summed E-state index contributed by atoms with van der Waals surface area (Å²) in [5, 5.41) is 1.24. The molecule has 0 radical (unpaired) electrons. The Morgan fingerprint density at radius 2 is 1.83 bits per heavy atom. The first-order valence-electron chi connectivity index (χ1n) is 6.19. The van der Waals surface area contributed by atoms with E-state index in [9.17, 15) is 0 Å². The fourth-order valence-corrected chi connectivity index (χ4v) is 2.30. The number of nitrogens with two attached hydrogens (primary N) is 1. The SMILES string of the molecule is NC(Cc1ccc2[nH]ccc2c1)c1ccccc1. The van der Waals surface area contributed by atoms with Crippen molar-refractivity contribution in [2.24, 2.45) is 5.73 Å². The topological polar surface area (TPSA) is 41.8 Å². The first kappa shape index (κ1) is 11.1. The minimum atomic E-state index is 0.0580. The minimum Gasteiger partial charge on any atom is -0.361 e. The van der Waals surface area contributed by atoms with Gasteiger partial charge >= 0.3 is 0 Å². The van der Waals surface area contributed by atoms with Gasteiger partial charge in [-0.25, -0.2) is 0 Å². The lowest BCUT2D eigenvalue weighted by molar-refractivity contribution is 0.722. The molecular formula is C16H16N2. The molecule has 3 aromatic rings. The van der Waals surface area contributed by atoms with Gasteiger partial charge < -0.3 is 10.7 Å². The van der Waals surface area contributed by atoms with E-state index in [1.165, 1.54) is 22.0 Å². The van der Waals surface area contributed by atoms with E-state index in [-0.39, 0.29) is 6.04 Å². The highest BCUT2D eigenvalue weighted by molar-refractivity contribution is 5.79. The maximum atomic E-state index is 6.24. The quantitative estimate of drug-likeness (QED) is 0.719. The van der Waals surface area contributed by atoms with Crippen LogP contribution in [0.2, 0.25) is 0 Å². The Morgan fingerprint density at radius 3 is 2.67 bits per heavy atom. The summed E-state index contributed by atoms with van der Waals surface area (Å²) in [5.74, 6) is 0. The van der Waals surface area contributed by atoms with Crippen molar-refractivity contribution in [2.45, 2.75) is 12.5 Å². The van der Waals surface area contributed by atoms with Gasteiger partial charge in [-0.1, -0.05) is 36.4 Å². The van der Waals surface area contributed by atoms with Gasteiger partial charge in [0.1, 0.15) is 0 Å². The van der Waals surface area contributed by atoms with Crippen molar-refractivity contribution in [1.29, 1.82) is 0 Å². The Bertz CT molecular complexity index is 640. The normalized spacial score (nSPS) is 12.7. The molecule has 1 atom stereocenters. The number of rotatable bonds is 3. The van der Waals surface area contributed by atoms with Crippen molar-refractivity contribution in [3.05, 3.63) is 71.9 Å². The van der Waals surface area contributed by atoms with Gasteiger partial charge in [-0.2, -0.15) is 0 Å². The second-order valence-corrected chi connectivity index (χ2v) is 4.62. The third kappa shape index (κ3) is 2.15. The molecule has 1 heterocycles. The largest absolute Gasteiger partial charge is 0.361 e. The Hall–Kier alpha value is -2.06. The van der Waals surface area contributed by atoms with Crippen molar-refractivity contribution in [3.63, 3.8) is 0 Å². The molecule has 3 rings (SSSR count).